The van der Waals surface area contributed by atoms with Crippen LogP contribution < -0.4 is 25.8 Å². The molecule has 0 atom stereocenters. The van der Waals surface area contributed by atoms with Crippen LogP contribution in [-0.2, 0) is 0 Å². The second kappa shape index (κ2) is 7.37. The fourth-order valence-electron chi connectivity index (χ4n) is 1.97. The van der Waals surface area contributed by atoms with E-state index >= 15 is 0 Å². The molecule has 116 valence electrons. The minimum absolute atomic E-state index is 0.418. The van der Waals surface area contributed by atoms with E-state index in [1.807, 2.05) is 33.8 Å². The number of carbonyl (C=O) groups excluding carboxylic acids is 1. The molecule has 0 saturated heterocycles. The highest BCUT2D eigenvalue weighted by Gasteiger charge is 2.17. The lowest BCUT2D eigenvalue weighted by atomic mass is 10.1. The predicted molar refractivity (Wildman–Crippen MR) is 82.3 cm³/mol. The van der Waals surface area contributed by atoms with Crippen LogP contribution in [0.15, 0.2) is 6.07 Å². The zero-order chi connectivity index (χ0) is 16.0. The van der Waals surface area contributed by atoms with Gasteiger partial charge in [-0.3, -0.25) is 10.7 Å². The SMILES string of the molecule is CCOc1cc(C)c(NC(=O)NC(=N)N)c(C)c1OCC. The van der Waals surface area contributed by atoms with Gasteiger partial charge in [0.1, 0.15) is 0 Å². The van der Waals surface area contributed by atoms with Gasteiger partial charge in [0.25, 0.3) is 0 Å². The van der Waals surface area contributed by atoms with E-state index in [9.17, 15) is 4.79 Å². The number of guanidine groups is 1. The average Bonchev–Trinajstić information content (AvgIpc) is 2.38. The topological polar surface area (TPSA) is 109 Å². The third-order valence-corrected chi connectivity index (χ3v) is 2.76. The van der Waals surface area contributed by atoms with Crippen molar-refractivity contribution < 1.29 is 14.3 Å². The van der Waals surface area contributed by atoms with Gasteiger partial charge >= 0.3 is 6.03 Å². The van der Waals surface area contributed by atoms with E-state index in [0.29, 0.717) is 30.4 Å². The first-order valence-electron chi connectivity index (χ1n) is 6.72. The molecule has 2 amide bonds. The number of anilines is 1. The van der Waals surface area contributed by atoms with Crippen molar-refractivity contribution in [3.63, 3.8) is 0 Å². The minimum atomic E-state index is -0.569. The Hall–Kier alpha value is -2.44. The van der Waals surface area contributed by atoms with Gasteiger partial charge in [-0.2, -0.15) is 0 Å². The maximum Gasteiger partial charge on any atom is 0.325 e. The molecule has 0 unspecified atom stereocenters. The molecule has 1 aromatic rings. The molecule has 0 saturated carbocycles. The molecule has 7 nitrogen and oxygen atoms in total. The molecule has 7 heteroatoms. The molecule has 5 N–H and O–H groups in total. The number of nitrogens with one attached hydrogen (secondary N) is 3. The third-order valence-electron chi connectivity index (χ3n) is 2.76. The van der Waals surface area contributed by atoms with Crippen molar-refractivity contribution in [3.8, 4) is 11.5 Å². The number of nitrogens with two attached hydrogens (primary N) is 1. The molecule has 21 heavy (non-hydrogen) atoms. The monoisotopic (exact) mass is 294 g/mol. The summed E-state index contributed by atoms with van der Waals surface area (Å²) in [5.74, 6) is 0.828. The van der Waals surface area contributed by atoms with Crippen LogP contribution in [0, 0.1) is 19.3 Å². The number of urea groups is 1. The van der Waals surface area contributed by atoms with E-state index in [2.05, 4.69) is 10.6 Å². The second-order valence-corrected chi connectivity index (χ2v) is 4.38. The number of ether oxygens (including phenoxy) is 2. The van der Waals surface area contributed by atoms with Gasteiger partial charge < -0.3 is 20.5 Å². The summed E-state index contributed by atoms with van der Waals surface area (Å²) in [6.45, 7) is 8.48. The first kappa shape index (κ1) is 16.6. The molecule has 0 aliphatic rings. The average molecular weight is 294 g/mol. The van der Waals surface area contributed by atoms with Crippen LogP contribution in [0.3, 0.4) is 0 Å². The number of aryl methyl sites for hydroxylation is 1. The van der Waals surface area contributed by atoms with Crippen molar-refractivity contribution in [3.05, 3.63) is 17.2 Å². The molecule has 1 aromatic carbocycles. The van der Waals surface area contributed by atoms with E-state index in [4.69, 9.17) is 20.6 Å². The summed E-state index contributed by atoms with van der Waals surface area (Å²) in [5.41, 5.74) is 7.34. The molecule has 0 fully saturated rings. The summed E-state index contributed by atoms with van der Waals surface area (Å²) >= 11 is 0. The van der Waals surface area contributed by atoms with E-state index in [-0.39, 0.29) is 0 Å². The van der Waals surface area contributed by atoms with Crippen molar-refractivity contribution in [2.45, 2.75) is 27.7 Å². The van der Waals surface area contributed by atoms with E-state index in [0.717, 1.165) is 11.1 Å². The van der Waals surface area contributed by atoms with E-state index in [1.54, 1.807) is 0 Å². The van der Waals surface area contributed by atoms with Crippen LogP contribution in [0.2, 0.25) is 0 Å². The molecule has 0 spiro atoms. The van der Waals surface area contributed by atoms with Crippen molar-refractivity contribution in [1.82, 2.24) is 5.32 Å². The molecule has 0 radical (unpaired) electrons. The highest BCUT2D eigenvalue weighted by Crippen LogP contribution is 2.38. The molecule has 0 aromatic heterocycles. The van der Waals surface area contributed by atoms with Gasteiger partial charge in [-0.05, 0) is 39.3 Å². The van der Waals surface area contributed by atoms with Crippen LogP contribution in [0.1, 0.15) is 25.0 Å². The maximum atomic E-state index is 11.7. The van der Waals surface area contributed by atoms with Crippen LogP contribution >= 0.6 is 0 Å². The molecular weight excluding hydrogens is 272 g/mol. The second-order valence-electron chi connectivity index (χ2n) is 4.38. The highest BCUT2D eigenvalue weighted by atomic mass is 16.5. The molecular formula is C14H22N4O3. The van der Waals surface area contributed by atoms with Crippen LogP contribution in [0.5, 0.6) is 11.5 Å². The Morgan fingerprint density at radius 3 is 2.43 bits per heavy atom. The quantitative estimate of drug-likeness (QED) is 0.492. The predicted octanol–water partition coefficient (Wildman–Crippen LogP) is 2.12. The van der Waals surface area contributed by atoms with Gasteiger partial charge in [0.05, 0.1) is 18.9 Å². The fourth-order valence-corrected chi connectivity index (χ4v) is 1.97. The standard InChI is InChI=1S/C14H22N4O3/c1-5-20-10-7-8(3)11(9(4)12(10)21-6-2)17-14(19)18-13(15)16/h7H,5-6H2,1-4H3,(H5,15,16,17,18,19). The Morgan fingerprint density at radius 1 is 1.29 bits per heavy atom. The zero-order valence-electron chi connectivity index (χ0n) is 12.8. The van der Waals surface area contributed by atoms with Gasteiger partial charge in [0, 0.05) is 5.56 Å². The van der Waals surface area contributed by atoms with Crippen LogP contribution in [0.4, 0.5) is 10.5 Å². The van der Waals surface area contributed by atoms with Gasteiger partial charge in [0.15, 0.2) is 17.5 Å². The van der Waals surface area contributed by atoms with E-state index in [1.165, 1.54) is 0 Å². The normalized spacial score (nSPS) is 9.90. The first-order chi connectivity index (χ1) is 9.90. The van der Waals surface area contributed by atoms with Crippen molar-refractivity contribution in [2.75, 3.05) is 18.5 Å². The summed E-state index contributed by atoms with van der Waals surface area (Å²) in [7, 11) is 0. The van der Waals surface area contributed by atoms with Crippen LogP contribution in [-0.4, -0.2) is 25.2 Å². The van der Waals surface area contributed by atoms with Crippen molar-refractivity contribution >= 4 is 17.7 Å². The largest absolute Gasteiger partial charge is 0.490 e. The molecule has 0 aliphatic carbocycles. The number of benzene rings is 1. The Labute approximate surface area is 124 Å². The van der Waals surface area contributed by atoms with Gasteiger partial charge in [0.2, 0.25) is 0 Å². The third kappa shape index (κ3) is 4.27. The Morgan fingerprint density at radius 2 is 1.90 bits per heavy atom. The Kier molecular flexibility index (Phi) is 5.83. The fraction of sp³-hybridized carbons (Fsp3) is 0.429. The Balaban J connectivity index is 3.17. The molecule has 0 bridgehead atoms. The Bertz CT molecular complexity index is 544. The highest BCUT2D eigenvalue weighted by molar-refractivity contribution is 6.01. The number of hydrogen-bond donors (Lipinski definition) is 4. The molecule has 0 heterocycles. The van der Waals surface area contributed by atoms with Crippen molar-refractivity contribution in [1.29, 1.82) is 5.41 Å². The minimum Gasteiger partial charge on any atom is -0.490 e. The molecule has 0 aliphatic heterocycles. The summed E-state index contributed by atoms with van der Waals surface area (Å²) in [5, 5.41) is 11.9. The van der Waals surface area contributed by atoms with Gasteiger partial charge in [-0.25, -0.2) is 4.79 Å². The van der Waals surface area contributed by atoms with Crippen molar-refractivity contribution in [2.24, 2.45) is 5.73 Å². The number of amides is 2. The van der Waals surface area contributed by atoms with E-state index < -0.39 is 12.0 Å². The number of carbonyl (C=O) groups is 1. The lowest BCUT2D eigenvalue weighted by molar-refractivity contribution is 0.256. The zero-order valence-corrected chi connectivity index (χ0v) is 12.8. The molecule has 1 rings (SSSR count). The summed E-state index contributed by atoms with van der Waals surface area (Å²) < 4.78 is 11.2. The van der Waals surface area contributed by atoms with Gasteiger partial charge in [-0.15, -0.1) is 0 Å². The number of rotatable bonds is 5. The van der Waals surface area contributed by atoms with Gasteiger partial charge in [-0.1, -0.05) is 0 Å². The lowest BCUT2D eigenvalue weighted by Gasteiger charge is -2.19. The maximum absolute atomic E-state index is 11.7. The first-order valence-corrected chi connectivity index (χ1v) is 6.72. The summed E-state index contributed by atoms with van der Waals surface area (Å²) in [6.07, 6.45) is 0. The summed E-state index contributed by atoms with van der Waals surface area (Å²) in [4.78, 5) is 11.7. The van der Waals surface area contributed by atoms with Crippen LogP contribution in [0.25, 0.3) is 0 Å². The smallest absolute Gasteiger partial charge is 0.325 e. The summed E-state index contributed by atoms with van der Waals surface area (Å²) in [6, 6.07) is 1.24. The lowest BCUT2D eigenvalue weighted by Crippen LogP contribution is -2.38. The number of hydrogen-bond acceptors (Lipinski definition) is 4.